The molecule has 106 valence electrons. The lowest BCUT2D eigenvalue weighted by Crippen LogP contribution is -2.37. The van der Waals surface area contributed by atoms with E-state index in [1.165, 1.54) is 71.0 Å². The fraction of sp³-hybridized carbons (Fsp3) is 1.00. The second-order valence-electron chi connectivity index (χ2n) is 6.63. The first-order valence-corrected chi connectivity index (χ1v) is 8.25. The van der Waals surface area contributed by atoms with Crippen LogP contribution in [0.1, 0.15) is 65.2 Å². The van der Waals surface area contributed by atoms with Crippen molar-refractivity contribution in [3.8, 4) is 0 Å². The second kappa shape index (κ2) is 7.49. The van der Waals surface area contributed by atoms with Gasteiger partial charge in [-0.05, 0) is 57.7 Å². The molecule has 1 atom stereocenters. The summed E-state index contributed by atoms with van der Waals surface area (Å²) in [5.74, 6) is 0.832. The Labute approximate surface area is 114 Å². The van der Waals surface area contributed by atoms with E-state index >= 15 is 0 Å². The lowest BCUT2D eigenvalue weighted by atomic mass is 9.95. The lowest BCUT2D eigenvalue weighted by molar-refractivity contribution is 0.202. The van der Waals surface area contributed by atoms with Crippen molar-refractivity contribution in [2.75, 3.05) is 19.6 Å². The Bertz CT molecular complexity index is 221. The second-order valence-corrected chi connectivity index (χ2v) is 6.63. The zero-order chi connectivity index (χ0) is 12.8. The van der Waals surface area contributed by atoms with Crippen LogP contribution >= 0.6 is 0 Å². The summed E-state index contributed by atoms with van der Waals surface area (Å²) in [6.45, 7) is 8.63. The minimum atomic E-state index is 0.832. The van der Waals surface area contributed by atoms with Crippen LogP contribution in [0, 0.1) is 5.92 Å². The summed E-state index contributed by atoms with van der Waals surface area (Å²) in [6, 6.07) is 1.69. The maximum atomic E-state index is 3.76. The monoisotopic (exact) mass is 252 g/mol. The summed E-state index contributed by atoms with van der Waals surface area (Å²) in [5.41, 5.74) is 0. The van der Waals surface area contributed by atoms with E-state index in [-0.39, 0.29) is 0 Å². The maximum Gasteiger partial charge on any atom is 0.0119 e. The molecule has 0 bridgehead atoms. The molecule has 2 aliphatic rings. The minimum Gasteiger partial charge on any atom is -0.314 e. The quantitative estimate of drug-likeness (QED) is 0.729. The highest BCUT2D eigenvalue weighted by atomic mass is 15.2. The van der Waals surface area contributed by atoms with Crippen molar-refractivity contribution < 1.29 is 0 Å². The van der Waals surface area contributed by atoms with Gasteiger partial charge in [0.05, 0.1) is 0 Å². The van der Waals surface area contributed by atoms with Crippen LogP contribution in [0.5, 0.6) is 0 Å². The molecule has 1 heterocycles. The predicted octanol–water partition coefficient (Wildman–Crippen LogP) is 3.42. The van der Waals surface area contributed by atoms with Crippen LogP contribution in [0.3, 0.4) is 0 Å². The molecule has 2 nitrogen and oxygen atoms in total. The Morgan fingerprint density at radius 3 is 2.56 bits per heavy atom. The SMILES string of the molecule is CC(C)C1CCCN1CCCNC1CCCCC1. The van der Waals surface area contributed by atoms with Crippen LogP contribution in [-0.2, 0) is 0 Å². The Morgan fingerprint density at radius 2 is 1.83 bits per heavy atom. The van der Waals surface area contributed by atoms with Gasteiger partial charge in [0.2, 0.25) is 0 Å². The molecule has 0 amide bonds. The Balaban J connectivity index is 1.57. The third kappa shape index (κ3) is 4.24. The maximum absolute atomic E-state index is 3.76. The van der Waals surface area contributed by atoms with Crippen molar-refractivity contribution in [2.24, 2.45) is 5.92 Å². The van der Waals surface area contributed by atoms with Gasteiger partial charge < -0.3 is 10.2 Å². The summed E-state index contributed by atoms with van der Waals surface area (Å²) in [6.07, 6.45) is 11.4. The smallest absolute Gasteiger partial charge is 0.0119 e. The van der Waals surface area contributed by atoms with Crippen LogP contribution in [0.4, 0.5) is 0 Å². The van der Waals surface area contributed by atoms with Crippen LogP contribution in [0.15, 0.2) is 0 Å². The lowest BCUT2D eigenvalue weighted by Gasteiger charge is -2.28. The third-order valence-electron chi connectivity index (χ3n) is 4.84. The molecule has 2 fully saturated rings. The third-order valence-corrected chi connectivity index (χ3v) is 4.84. The van der Waals surface area contributed by atoms with Crippen molar-refractivity contribution >= 4 is 0 Å². The Hall–Kier alpha value is -0.0800. The van der Waals surface area contributed by atoms with Gasteiger partial charge in [0.25, 0.3) is 0 Å². The van der Waals surface area contributed by atoms with E-state index in [0.717, 1.165) is 18.0 Å². The normalized spacial score (nSPS) is 27.2. The topological polar surface area (TPSA) is 15.3 Å². The van der Waals surface area contributed by atoms with Crippen LogP contribution in [0.2, 0.25) is 0 Å². The minimum absolute atomic E-state index is 0.832. The zero-order valence-electron chi connectivity index (χ0n) is 12.5. The van der Waals surface area contributed by atoms with E-state index in [9.17, 15) is 0 Å². The van der Waals surface area contributed by atoms with Gasteiger partial charge in [0.15, 0.2) is 0 Å². The molecule has 18 heavy (non-hydrogen) atoms. The van der Waals surface area contributed by atoms with Crippen LogP contribution < -0.4 is 5.32 Å². The predicted molar refractivity (Wildman–Crippen MR) is 78.9 cm³/mol. The summed E-state index contributed by atoms with van der Waals surface area (Å²) >= 11 is 0. The highest BCUT2D eigenvalue weighted by molar-refractivity contribution is 4.81. The molecular formula is C16H32N2. The van der Waals surface area contributed by atoms with Crippen molar-refractivity contribution in [2.45, 2.75) is 77.3 Å². The first kappa shape index (κ1) is 14.3. The van der Waals surface area contributed by atoms with Gasteiger partial charge >= 0.3 is 0 Å². The molecule has 1 N–H and O–H groups in total. The summed E-state index contributed by atoms with van der Waals surface area (Å²) in [4.78, 5) is 2.73. The fourth-order valence-corrected chi connectivity index (χ4v) is 3.78. The number of rotatable bonds is 6. The molecule has 0 aromatic carbocycles. The molecule has 1 saturated carbocycles. The molecule has 0 radical (unpaired) electrons. The number of likely N-dealkylation sites (tertiary alicyclic amines) is 1. The number of hydrogen-bond acceptors (Lipinski definition) is 2. The largest absolute Gasteiger partial charge is 0.314 e. The molecule has 0 aromatic heterocycles. The van der Waals surface area contributed by atoms with E-state index in [2.05, 4.69) is 24.1 Å². The van der Waals surface area contributed by atoms with Gasteiger partial charge in [-0.25, -0.2) is 0 Å². The highest BCUT2D eigenvalue weighted by Crippen LogP contribution is 2.23. The Kier molecular flexibility index (Phi) is 5.97. The fourth-order valence-electron chi connectivity index (χ4n) is 3.78. The molecule has 0 spiro atoms. The molecule has 2 rings (SSSR count). The molecule has 1 aliphatic heterocycles. The first-order valence-electron chi connectivity index (χ1n) is 8.25. The van der Waals surface area contributed by atoms with Gasteiger partial charge in [-0.15, -0.1) is 0 Å². The zero-order valence-corrected chi connectivity index (χ0v) is 12.5. The van der Waals surface area contributed by atoms with Gasteiger partial charge in [0.1, 0.15) is 0 Å². The summed E-state index contributed by atoms with van der Waals surface area (Å²) in [5, 5.41) is 3.76. The van der Waals surface area contributed by atoms with Gasteiger partial charge in [-0.1, -0.05) is 33.1 Å². The highest BCUT2D eigenvalue weighted by Gasteiger charge is 2.26. The molecule has 0 aromatic rings. The van der Waals surface area contributed by atoms with Crippen molar-refractivity contribution in [3.63, 3.8) is 0 Å². The number of nitrogens with one attached hydrogen (secondary N) is 1. The molecular weight excluding hydrogens is 220 g/mol. The molecule has 1 unspecified atom stereocenters. The van der Waals surface area contributed by atoms with E-state index in [1.807, 2.05) is 0 Å². The molecule has 2 heteroatoms. The molecule has 1 aliphatic carbocycles. The molecule has 1 saturated heterocycles. The van der Waals surface area contributed by atoms with Gasteiger partial charge in [-0.3, -0.25) is 0 Å². The summed E-state index contributed by atoms with van der Waals surface area (Å²) < 4.78 is 0. The number of hydrogen-bond donors (Lipinski definition) is 1. The van der Waals surface area contributed by atoms with Crippen molar-refractivity contribution in [1.82, 2.24) is 10.2 Å². The average molecular weight is 252 g/mol. The first-order chi connectivity index (χ1) is 8.77. The van der Waals surface area contributed by atoms with Crippen LogP contribution in [0.25, 0.3) is 0 Å². The van der Waals surface area contributed by atoms with E-state index in [0.29, 0.717) is 0 Å². The van der Waals surface area contributed by atoms with Crippen molar-refractivity contribution in [1.29, 1.82) is 0 Å². The van der Waals surface area contributed by atoms with Crippen molar-refractivity contribution in [3.05, 3.63) is 0 Å². The Morgan fingerprint density at radius 1 is 1.06 bits per heavy atom. The standard InChI is InChI=1S/C16H32N2/c1-14(2)16-10-6-12-18(16)13-7-11-17-15-8-4-3-5-9-15/h14-17H,3-13H2,1-2H3. The van der Waals surface area contributed by atoms with Gasteiger partial charge in [-0.2, -0.15) is 0 Å². The van der Waals surface area contributed by atoms with E-state index in [4.69, 9.17) is 0 Å². The average Bonchev–Trinajstić information content (AvgIpc) is 2.84. The van der Waals surface area contributed by atoms with E-state index in [1.54, 1.807) is 0 Å². The van der Waals surface area contributed by atoms with Gasteiger partial charge in [0, 0.05) is 12.1 Å². The van der Waals surface area contributed by atoms with E-state index < -0.39 is 0 Å². The van der Waals surface area contributed by atoms with Crippen LogP contribution in [-0.4, -0.2) is 36.6 Å². The summed E-state index contributed by atoms with van der Waals surface area (Å²) in [7, 11) is 0. The number of nitrogens with zero attached hydrogens (tertiary/aromatic N) is 1.